The highest BCUT2D eigenvalue weighted by Crippen LogP contribution is 2.37. The minimum atomic E-state index is -4.77. The molecule has 0 saturated carbocycles. The number of carbonyl (C=O) groups is 1. The number of rotatable bonds is 7. The van der Waals surface area contributed by atoms with Gasteiger partial charge in [0.05, 0.1) is 17.0 Å². The van der Waals surface area contributed by atoms with E-state index >= 15 is 0 Å². The van der Waals surface area contributed by atoms with Crippen LogP contribution in [0.2, 0.25) is 0 Å². The van der Waals surface area contributed by atoms with Crippen LogP contribution >= 0.6 is 0 Å². The van der Waals surface area contributed by atoms with E-state index in [0.717, 1.165) is 5.56 Å². The van der Waals surface area contributed by atoms with Crippen molar-refractivity contribution >= 4 is 5.97 Å². The minimum absolute atomic E-state index is 0.253. The van der Waals surface area contributed by atoms with E-state index in [0.29, 0.717) is 49.8 Å². The molecule has 3 rings (SSSR count). The van der Waals surface area contributed by atoms with Crippen LogP contribution in [0.15, 0.2) is 42.5 Å². The third-order valence-electron chi connectivity index (χ3n) is 5.76. The van der Waals surface area contributed by atoms with Gasteiger partial charge in [-0.15, -0.1) is 0 Å². The molecule has 0 aliphatic carbocycles. The maximum atomic E-state index is 13.4. The molecule has 186 valence electrons. The maximum Gasteiger partial charge on any atom is 0.416 e. The normalized spacial score (nSPS) is 18.5. The van der Waals surface area contributed by atoms with Gasteiger partial charge in [-0.25, -0.2) is 0 Å². The minimum Gasteiger partial charge on any atom is -0.489 e. The Morgan fingerprint density at radius 1 is 1.12 bits per heavy atom. The fraction of sp³-hybridized carbons (Fsp3) is 0.458. The molecule has 2 aromatic rings. The molecule has 0 bridgehead atoms. The van der Waals surface area contributed by atoms with E-state index in [-0.39, 0.29) is 19.2 Å². The maximum absolute atomic E-state index is 13.4. The summed E-state index contributed by atoms with van der Waals surface area (Å²) in [5, 5.41) is 9.09. The van der Waals surface area contributed by atoms with Crippen LogP contribution < -0.4 is 4.74 Å². The van der Waals surface area contributed by atoms with Crippen molar-refractivity contribution in [2.45, 2.75) is 51.2 Å². The molecule has 1 fully saturated rings. The summed E-state index contributed by atoms with van der Waals surface area (Å²) in [6.07, 6.45) is -8.30. The first-order valence-electron chi connectivity index (χ1n) is 10.8. The van der Waals surface area contributed by atoms with Gasteiger partial charge in [-0.2, -0.15) is 26.3 Å². The Bertz CT molecular complexity index is 1000. The summed E-state index contributed by atoms with van der Waals surface area (Å²) in [6.45, 7) is 2.00. The smallest absolute Gasteiger partial charge is 0.416 e. The molecule has 0 aromatic heterocycles. The summed E-state index contributed by atoms with van der Waals surface area (Å²) in [5.74, 6) is -0.977. The molecule has 1 N–H and O–H groups in total. The zero-order valence-corrected chi connectivity index (χ0v) is 18.4. The first-order chi connectivity index (χ1) is 15.8. The van der Waals surface area contributed by atoms with Gasteiger partial charge in [0.25, 0.3) is 0 Å². The van der Waals surface area contributed by atoms with Crippen LogP contribution in [0, 0.1) is 5.92 Å². The molecule has 2 atom stereocenters. The van der Waals surface area contributed by atoms with Crippen LogP contribution in [0.3, 0.4) is 0 Å². The van der Waals surface area contributed by atoms with E-state index in [2.05, 4.69) is 0 Å². The second-order valence-electron chi connectivity index (χ2n) is 8.58. The van der Waals surface area contributed by atoms with Gasteiger partial charge < -0.3 is 9.84 Å². The van der Waals surface area contributed by atoms with E-state index in [4.69, 9.17) is 9.84 Å². The average Bonchev–Trinajstić information content (AvgIpc) is 2.72. The van der Waals surface area contributed by atoms with Gasteiger partial charge in [-0.1, -0.05) is 19.1 Å². The number of carboxylic acid groups (broad SMARTS) is 1. The molecular weight excluding hydrogens is 464 g/mol. The van der Waals surface area contributed by atoms with Crippen LogP contribution in [-0.4, -0.2) is 35.2 Å². The molecule has 2 aromatic carbocycles. The number of benzene rings is 2. The van der Waals surface area contributed by atoms with Crippen molar-refractivity contribution in [3.63, 3.8) is 0 Å². The molecule has 34 heavy (non-hydrogen) atoms. The Morgan fingerprint density at radius 3 is 2.50 bits per heavy atom. The quantitative estimate of drug-likeness (QED) is 0.483. The van der Waals surface area contributed by atoms with E-state index < -0.39 is 40.9 Å². The van der Waals surface area contributed by atoms with Crippen molar-refractivity contribution in [3.05, 3.63) is 64.7 Å². The summed E-state index contributed by atoms with van der Waals surface area (Å²) in [6, 6.07) is 8.46. The number of hydrogen-bond acceptors (Lipinski definition) is 3. The Labute approximate surface area is 193 Å². The fourth-order valence-corrected chi connectivity index (χ4v) is 4.05. The standard InChI is InChI=1S/C24H25F6NO3/c1-15(22(32)33)10-16-4-2-5-19(11-16)34-20-6-3-9-31(14-20)13-17-12-18(23(25,26)27)7-8-21(17)24(28,29)30/h2,4-5,7-8,11-12,15,20H,3,6,9-10,13-14H2,1H3,(H,32,33)/t15-,20?/m0/s1. The van der Waals surface area contributed by atoms with Crippen LogP contribution in [0.4, 0.5) is 26.3 Å². The number of piperidine rings is 1. The molecule has 0 radical (unpaired) electrons. The topological polar surface area (TPSA) is 49.8 Å². The Kier molecular flexibility index (Phi) is 7.80. The zero-order valence-electron chi connectivity index (χ0n) is 18.4. The summed E-state index contributed by atoms with van der Waals surface area (Å²) in [4.78, 5) is 12.7. The van der Waals surface area contributed by atoms with Crippen LogP contribution in [0.25, 0.3) is 0 Å². The molecule has 1 aliphatic heterocycles. The van der Waals surface area contributed by atoms with Crippen molar-refractivity contribution in [1.29, 1.82) is 0 Å². The van der Waals surface area contributed by atoms with Gasteiger partial charge in [-0.3, -0.25) is 9.69 Å². The molecule has 0 spiro atoms. The lowest BCUT2D eigenvalue weighted by molar-refractivity contribution is -0.142. The average molecular weight is 489 g/mol. The van der Waals surface area contributed by atoms with E-state index in [1.165, 1.54) is 0 Å². The third-order valence-corrected chi connectivity index (χ3v) is 5.76. The molecule has 1 saturated heterocycles. The number of alkyl halides is 6. The van der Waals surface area contributed by atoms with Gasteiger partial charge in [0, 0.05) is 13.1 Å². The summed E-state index contributed by atoms with van der Waals surface area (Å²) >= 11 is 0. The number of aliphatic carboxylic acids is 1. The molecular formula is C24H25F6NO3. The monoisotopic (exact) mass is 489 g/mol. The van der Waals surface area contributed by atoms with E-state index in [1.807, 2.05) is 0 Å². The lowest BCUT2D eigenvalue weighted by Gasteiger charge is -2.33. The van der Waals surface area contributed by atoms with Gasteiger partial charge in [0.2, 0.25) is 0 Å². The molecule has 4 nitrogen and oxygen atoms in total. The van der Waals surface area contributed by atoms with Gasteiger partial charge in [0.15, 0.2) is 0 Å². The van der Waals surface area contributed by atoms with Crippen LogP contribution in [0.1, 0.15) is 42.0 Å². The van der Waals surface area contributed by atoms with Crippen molar-refractivity contribution in [2.75, 3.05) is 13.1 Å². The molecule has 1 unspecified atom stereocenters. The number of nitrogens with zero attached hydrogens (tertiary/aromatic N) is 1. The molecule has 1 heterocycles. The summed E-state index contributed by atoms with van der Waals surface area (Å²) in [7, 11) is 0. The number of carboxylic acids is 1. The van der Waals surface area contributed by atoms with E-state index in [1.54, 1.807) is 36.1 Å². The number of hydrogen-bond donors (Lipinski definition) is 1. The zero-order chi connectivity index (χ0) is 25.1. The SMILES string of the molecule is C[C@@H](Cc1cccc(OC2CCCN(Cc3cc(C(F)(F)F)ccc3C(F)(F)F)C2)c1)C(=O)O. The Balaban J connectivity index is 1.72. The van der Waals surface area contributed by atoms with Crippen molar-refractivity contribution in [2.24, 2.45) is 5.92 Å². The molecule has 10 heteroatoms. The third kappa shape index (κ3) is 6.88. The van der Waals surface area contributed by atoms with Crippen molar-refractivity contribution in [1.82, 2.24) is 4.90 Å². The molecule has 1 aliphatic rings. The number of ether oxygens (including phenoxy) is 1. The Morgan fingerprint density at radius 2 is 1.85 bits per heavy atom. The number of halogens is 6. The highest BCUT2D eigenvalue weighted by molar-refractivity contribution is 5.69. The van der Waals surface area contributed by atoms with Crippen molar-refractivity contribution < 1.29 is 41.0 Å². The Hall–Kier alpha value is -2.75. The fourth-order valence-electron chi connectivity index (χ4n) is 4.05. The lowest BCUT2D eigenvalue weighted by Crippen LogP contribution is -2.41. The first-order valence-corrected chi connectivity index (χ1v) is 10.8. The molecule has 0 amide bonds. The van der Waals surface area contributed by atoms with Crippen molar-refractivity contribution in [3.8, 4) is 5.75 Å². The predicted octanol–water partition coefficient (Wildman–Crippen LogP) is 6.03. The number of likely N-dealkylation sites (tertiary alicyclic amines) is 1. The lowest BCUT2D eigenvalue weighted by atomic mass is 10.0. The first kappa shape index (κ1) is 25.9. The van der Waals surface area contributed by atoms with Gasteiger partial charge in [0.1, 0.15) is 11.9 Å². The predicted molar refractivity (Wildman–Crippen MR) is 112 cm³/mol. The van der Waals surface area contributed by atoms with Crippen LogP contribution in [0.5, 0.6) is 5.75 Å². The summed E-state index contributed by atoms with van der Waals surface area (Å²) < 4.78 is 85.5. The second-order valence-corrected chi connectivity index (χ2v) is 8.58. The van der Waals surface area contributed by atoms with Gasteiger partial charge in [-0.05, 0) is 67.3 Å². The highest BCUT2D eigenvalue weighted by Gasteiger charge is 2.37. The largest absolute Gasteiger partial charge is 0.489 e. The van der Waals surface area contributed by atoms with Crippen LogP contribution in [-0.2, 0) is 30.1 Å². The highest BCUT2D eigenvalue weighted by atomic mass is 19.4. The second kappa shape index (κ2) is 10.2. The summed E-state index contributed by atoms with van der Waals surface area (Å²) in [5.41, 5.74) is -1.84. The van der Waals surface area contributed by atoms with Gasteiger partial charge >= 0.3 is 18.3 Å². The van der Waals surface area contributed by atoms with E-state index in [9.17, 15) is 31.1 Å².